The minimum atomic E-state index is 0.0656. The summed E-state index contributed by atoms with van der Waals surface area (Å²) >= 11 is 0. The first kappa shape index (κ1) is 15.3. The third-order valence-electron chi connectivity index (χ3n) is 3.54. The van der Waals surface area contributed by atoms with Crippen LogP contribution in [0.5, 0.6) is 0 Å². The molecule has 1 aromatic heterocycles. The van der Waals surface area contributed by atoms with Gasteiger partial charge in [0.05, 0.1) is 6.54 Å². The molecule has 8 heteroatoms. The number of amides is 1. The Labute approximate surface area is 124 Å². The summed E-state index contributed by atoms with van der Waals surface area (Å²) in [5.74, 6) is 1.10. The normalized spacial score (nSPS) is 14.3. The van der Waals surface area contributed by atoms with Gasteiger partial charge in [0.25, 0.3) is 0 Å². The predicted molar refractivity (Wildman–Crippen MR) is 82.1 cm³/mol. The van der Waals surface area contributed by atoms with E-state index in [0.29, 0.717) is 11.9 Å². The van der Waals surface area contributed by atoms with Gasteiger partial charge >= 0.3 is 0 Å². The van der Waals surface area contributed by atoms with Crippen LogP contribution in [-0.4, -0.2) is 58.5 Å². The number of nitrogens with zero attached hydrogens (tertiary/aromatic N) is 5. The maximum Gasteiger partial charge on any atom is 0.241 e. The van der Waals surface area contributed by atoms with Crippen molar-refractivity contribution >= 4 is 23.8 Å². The summed E-state index contributed by atoms with van der Waals surface area (Å²) in [6.45, 7) is 7.47. The summed E-state index contributed by atoms with van der Waals surface area (Å²) in [7, 11) is 0. The number of hydrogen-bond acceptors (Lipinski definition) is 7. The summed E-state index contributed by atoms with van der Waals surface area (Å²) in [5.41, 5.74) is 5.71. The Morgan fingerprint density at radius 3 is 2.52 bits per heavy atom. The van der Waals surface area contributed by atoms with Crippen LogP contribution in [0.1, 0.15) is 26.7 Å². The average molecular weight is 293 g/mol. The fraction of sp³-hybridized carbons (Fsp3) is 0.692. The van der Waals surface area contributed by atoms with Gasteiger partial charge in [-0.2, -0.15) is 15.0 Å². The van der Waals surface area contributed by atoms with Crippen molar-refractivity contribution in [3.05, 3.63) is 0 Å². The van der Waals surface area contributed by atoms with Gasteiger partial charge in [-0.15, -0.1) is 0 Å². The fourth-order valence-electron chi connectivity index (χ4n) is 2.34. The van der Waals surface area contributed by atoms with Gasteiger partial charge < -0.3 is 20.9 Å². The van der Waals surface area contributed by atoms with Crippen LogP contribution in [0, 0.1) is 0 Å². The van der Waals surface area contributed by atoms with Crippen LogP contribution in [-0.2, 0) is 4.79 Å². The van der Waals surface area contributed by atoms with E-state index in [0.717, 1.165) is 39.0 Å². The van der Waals surface area contributed by atoms with Crippen LogP contribution in [0.3, 0.4) is 0 Å². The summed E-state index contributed by atoms with van der Waals surface area (Å²) in [4.78, 5) is 28.3. The molecule has 1 saturated heterocycles. The number of aromatic nitrogens is 3. The van der Waals surface area contributed by atoms with E-state index in [4.69, 9.17) is 5.73 Å². The Kier molecular flexibility index (Phi) is 5.13. The van der Waals surface area contributed by atoms with Gasteiger partial charge in [0, 0.05) is 26.2 Å². The molecule has 0 bridgehead atoms. The number of hydrogen-bond donors (Lipinski definition) is 2. The predicted octanol–water partition coefficient (Wildman–Crippen LogP) is 0.334. The van der Waals surface area contributed by atoms with Crippen molar-refractivity contribution in [3.8, 4) is 0 Å². The van der Waals surface area contributed by atoms with Crippen molar-refractivity contribution in [2.24, 2.45) is 0 Å². The van der Waals surface area contributed by atoms with Crippen LogP contribution in [0.25, 0.3) is 0 Å². The quantitative estimate of drug-likeness (QED) is 0.779. The third-order valence-corrected chi connectivity index (χ3v) is 3.54. The Balaban J connectivity index is 2.00. The van der Waals surface area contributed by atoms with Gasteiger partial charge in [-0.1, -0.05) is 0 Å². The molecule has 2 rings (SSSR count). The zero-order chi connectivity index (χ0) is 15.2. The number of nitrogen functional groups attached to an aromatic ring is 1. The van der Waals surface area contributed by atoms with Crippen LogP contribution < -0.4 is 16.0 Å². The van der Waals surface area contributed by atoms with Gasteiger partial charge in [-0.05, 0) is 26.7 Å². The van der Waals surface area contributed by atoms with E-state index in [1.165, 1.54) is 0 Å². The van der Waals surface area contributed by atoms with Crippen LogP contribution in [0.4, 0.5) is 17.8 Å². The lowest BCUT2D eigenvalue weighted by atomic mass is 10.4. The van der Waals surface area contributed by atoms with Crippen LogP contribution in [0.2, 0.25) is 0 Å². The van der Waals surface area contributed by atoms with Crippen molar-refractivity contribution in [3.63, 3.8) is 0 Å². The molecule has 3 N–H and O–H groups in total. The molecular weight excluding hydrogens is 270 g/mol. The van der Waals surface area contributed by atoms with Crippen molar-refractivity contribution in [2.45, 2.75) is 26.7 Å². The highest BCUT2D eigenvalue weighted by molar-refractivity contribution is 5.80. The van der Waals surface area contributed by atoms with Gasteiger partial charge in [0.15, 0.2) is 0 Å². The molecule has 1 fully saturated rings. The maximum absolute atomic E-state index is 12.0. The van der Waals surface area contributed by atoms with Crippen molar-refractivity contribution in [2.75, 3.05) is 48.7 Å². The molecule has 8 nitrogen and oxygen atoms in total. The number of carbonyl (C=O) groups is 1. The summed E-state index contributed by atoms with van der Waals surface area (Å²) in [5, 5.41) is 2.95. The third kappa shape index (κ3) is 3.93. The second-order valence-electron chi connectivity index (χ2n) is 4.93. The maximum atomic E-state index is 12.0. The first-order chi connectivity index (χ1) is 10.1. The Morgan fingerprint density at radius 1 is 1.24 bits per heavy atom. The molecule has 0 atom stereocenters. The largest absolute Gasteiger partial charge is 0.368 e. The van der Waals surface area contributed by atoms with E-state index in [1.807, 2.05) is 23.6 Å². The molecule has 1 aliphatic heterocycles. The molecule has 0 aliphatic carbocycles. The Hall–Kier alpha value is -2.12. The summed E-state index contributed by atoms with van der Waals surface area (Å²) in [6.07, 6.45) is 2.16. The van der Waals surface area contributed by atoms with Gasteiger partial charge in [-0.3, -0.25) is 4.79 Å². The highest BCUT2D eigenvalue weighted by Crippen LogP contribution is 2.12. The van der Waals surface area contributed by atoms with Gasteiger partial charge in [0.2, 0.25) is 23.8 Å². The number of carbonyl (C=O) groups excluding carboxylic acids is 1. The minimum absolute atomic E-state index is 0.0656. The second-order valence-corrected chi connectivity index (χ2v) is 4.93. The number of likely N-dealkylation sites (tertiary alicyclic amines) is 1. The van der Waals surface area contributed by atoms with E-state index in [2.05, 4.69) is 20.3 Å². The van der Waals surface area contributed by atoms with Crippen molar-refractivity contribution < 1.29 is 4.79 Å². The fourth-order valence-corrected chi connectivity index (χ4v) is 2.34. The highest BCUT2D eigenvalue weighted by atomic mass is 16.2. The molecule has 1 amide bonds. The highest BCUT2D eigenvalue weighted by Gasteiger charge is 2.18. The van der Waals surface area contributed by atoms with E-state index >= 15 is 0 Å². The van der Waals surface area contributed by atoms with Crippen molar-refractivity contribution in [1.82, 2.24) is 19.9 Å². The topological polar surface area (TPSA) is 100 Å². The first-order valence-corrected chi connectivity index (χ1v) is 7.42. The Bertz CT molecular complexity index is 483. The van der Waals surface area contributed by atoms with Crippen LogP contribution in [0.15, 0.2) is 0 Å². The molecule has 0 radical (unpaired) electrons. The zero-order valence-corrected chi connectivity index (χ0v) is 12.7. The van der Waals surface area contributed by atoms with Gasteiger partial charge in [0.1, 0.15) is 0 Å². The standard InChI is InChI=1S/C13H23N7O/c1-3-19(4-2)13-17-11(14)16-12(18-13)15-9-10(21)20-7-5-6-8-20/h3-9H2,1-2H3,(H3,14,15,16,17,18). The molecule has 2 heterocycles. The summed E-state index contributed by atoms with van der Waals surface area (Å²) in [6, 6.07) is 0. The SMILES string of the molecule is CCN(CC)c1nc(N)nc(NCC(=O)N2CCCC2)n1. The molecule has 21 heavy (non-hydrogen) atoms. The van der Waals surface area contributed by atoms with E-state index < -0.39 is 0 Å². The minimum Gasteiger partial charge on any atom is -0.368 e. The number of nitrogens with one attached hydrogen (secondary N) is 1. The zero-order valence-electron chi connectivity index (χ0n) is 12.7. The van der Waals surface area contributed by atoms with Crippen molar-refractivity contribution in [1.29, 1.82) is 0 Å². The average Bonchev–Trinajstić information content (AvgIpc) is 3.00. The molecule has 0 aromatic carbocycles. The number of rotatable bonds is 6. The van der Waals surface area contributed by atoms with E-state index in [9.17, 15) is 4.79 Å². The molecule has 1 aromatic rings. The second kappa shape index (κ2) is 7.05. The smallest absolute Gasteiger partial charge is 0.241 e. The molecular formula is C13H23N7O. The molecule has 0 saturated carbocycles. The summed E-state index contributed by atoms with van der Waals surface area (Å²) < 4.78 is 0. The molecule has 0 spiro atoms. The van der Waals surface area contributed by atoms with Gasteiger partial charge in [-0.25, -0.2) is 0 Å². The van der Waals surface area contributed by atoms with E-state index in [1.54, 1.807) is 0 Å². The lowest BCUT2D eigenvalue weighted by Gasteiger charge is -2.19. The monoisotopic (exact) mass is 293 g/mol. The lowest BCUT2D eigenvalue weighted by molar-refractivity contribution is -0.128. The lowest BCUT2D eigenvalue weighted by Crippen LogP contribution is -2.33. The number of nitrogens with two attached hydrogens (primary N) is 1. The molecule has 116 valence electrons. The Morgan fingerprint density at radius 2 is 1.90 bits per heavy atom. The van der Waals surface area contributed by atoms with Crippen LogP contribution >= 0.6 is 0 Å². The number of anilines is 3. The molecule has 0 unspecified atom stereocenters. The van der Waals surface area contributed by atoms with E-state index in [-0.39, 0.29) is 18.4 Å². The molecule has 1 aliphatic rings. The first-order valence-electron chi connectivity index (χ1n) is 7.42.